The molecule has 0 unspecified atom stereocenters. The van der Waals surface area contributed by atoms with Gasteiger partial charge < -0.3 is 10.2 Å². The Hall–Kier alpha value is -2.11. The minimum absolute atomic E-state index is 0.263. The molecule has 2 saturated carbocycles. The van der Waals surface area contributed by atoms with Crippen LogP contribution in [0.5, 0.6) is 0 Å². The molecule has 0 spiro atoms. The molecular formula is C21H30N6O3S2. The molecule has 174 valence electrons. The molecule has 32 heavy (non-hydrogen) atoms. The summed E-state index contributed by atoms with van der Waals surface area (Å²) in [4.78, 5) is 17.1. The molecule has 2 aliphatic carbocycles. The number of carbonyl (C=O) groups excluding carboxylic acids is 1. The number of anilines is 2. The number of aryl methyl sites for hydroxylation is 1. The van der Waals surface area contributed by atoms with E-state index in [1.54, 1.807) is 23.7 Å². The summed E-state index contributed by atoms with van der Waals surface area (Å²) < 4.78 is 32.4. The van der Waals surface area contributed by atoms with E-state index in [9.17, 15) is 13.2 Å². The first-order valence-electron chi connectivity index (χ1n) is 11.3. The molecule has 2 amide bonds. The van der Waals surface area contributed by atoms with Crippen molar-refractivity contribution >= 4 is 39.0 Å². The number of amides is 2. The Morgan fingerprint density at radius 2 is 2.03 bits per heavy atom. The van der Waals surface area contributed by atoms with Gasteiger partial charge in [0.15, 0.2) is 0 Å². The van der Waals surface area contributed by atoms with Gasteiger partial charge in [-0.05, 0) is 71.0 Å². The van der Waals surface area contributed by atoms with Crippen molar-refractivity contribution in [3.05, 3.63) is 28.2 Å². The second-order valence-electron chi connectivity index (χ2n) is 9.23. The normalized spacial score (nSPS) is 22.0. The number of hydrogen-bond donors (Lipinski definition) is 2. The molecule has 2 N–H and O–H groups in total. The summed E-state index contributed by atoms with van der Waals surface area (Å²) in [6.45, 7) is 3.53. The van der Waals surface area contributed by atoms with E-state index in [-0.39, 0.29) is 6.04 Å². The lowest BCUT2D eigenvalue weighted by Gasteiger charge is -2.37. The fraction of sp³-hybridized carbons (Fsp3) is 0.619. The van der Waals surface area contributed by atoms with Crippen LogP contribution in [0.4, 0.5) is 16.2 Å². The van der Waals surface area contributed by atoms with Crippen LogP contribution in [0.2, 0.25) is 0 Å². The molecule has 2 aromatic heterocycles. The van der Waals surface area contributed by atoms with Gasteiger partial charge in [0.1, 0.15) is 0 Å². The average Bonchev–Trinajstić information content (AvgIpc) is 3.64. The zero-order chi connectivity index (χ0) is 22.5. The van der Waals surface area contributed by atoms with Crippen molar-refractivity contribution in [2.45, 2.75) is 63.5 Å². The highest BCUT2D eigenvalue weighted by molar-refractivity contribution is 7.91. The van der Waals surface area contributed by atoms with Gasteiger partial charge in [0.2, 0.25) is 0 Å². The zero-order valence-electron chi connectivity index (χ0n) is 18.5. The Balaban J connectivity index is 1.37. The third kappa shape index (κ3) is 4.65. The van der Waals surface area contributed by atoms with Crippen LogP contribution >= 0.6 is 11.3 Å². The maximum absolute atomic E-state index is 13.5. The molecule has 1 saturated heterocycles. The van der Waals surface area contributed by atoms with Crippen LogP contribution < -0.4 is 14.3 Å². The molecule has 3 aliphatic rings. The van der Waals surface area contributed by atoms with Gasteiger partial charge in [-0.1, -0.05) is 0 Å². The van der Waals surface area contributed by atoms with Gasteiger partial charge in [-0.2, -0.15) is 13.5 Å². The third-order valence-corrected chi connectivity index (χ3v) is 8.94. The van der Waals surface area contributed by atoms with Gasteiger partial charge in [-0.25, -0.2) is 13.8 Å². The molecule has 3 fully saturated rings. The highest BCUT2D eigenvalue weighted by atomic mass is 32.2. The Bertz CT molecular complexity index is 1100. The van der Waals surface area contributed by atoms with Crippen molar-refractivity contribution < 1.29 is 13.2 Å². The van der Waals surface area contributed by atoms with Crippen LogP contribution in [0.25, 0.3) is 0 Å². The monoisotopic (exact) mass is 478 g/mol. The van der Waals surface area contributed by atoms with E-state index in [0.717, 1.165) is 54.8 Å². The van der Waals surface area contributed by atoms with Gasteiger partial charge in [0, 0.05) is 22.5 Å². The lowest BCUT2D eigenvalue weighted by molar-refractivity contribution is 0.251. The summed E-state index contributed by atoms with van der Waals surface area (Å²) in [6.07, 6.45) is 9.36. The number of carbonyl (C=O) groups is 1. The van der Waals surface area contributed by atoms with Crippen molar-refractivity contribution in [3.8, 4) is 0 Å². The van der Waals surface area contributed by atoms with E-state index in [1.807, 2.05) is 24.7 Å². The van der Waals surface area contributed by atoms with E-state index < -0.39 is 16.2 Å². The zero-order valence-corrected chi connectivity index (χ0v) is 20.1. The van der Waals surface area contributed by atoms with E-state index >= 15 is 0 Å². The fourth-order valence-electron chi connectivity index (χ4n) is 4.45. The summed E-state index contributed by atoms with van der Waals surface area (Å²) >= 11 is 1.66. The molecule has 0 radical (unpaired) electrons. The first kappa shape index (κ1) is 21.7. The lowest BCUT2D eigenvalue weighted by atomic mass is 10.1. The highest BCUT2D eigenvalue weighted by Crippen LogP contribution is 2.47. The maximum atomic E-state index is 13.5. The van der Waals surface area contributed by atoms with Crippen molar-refractivity contribution in [2.75, 3.05) is 29.8 Å². The highest BCUT2D eigenvalue weighted by Gasteiger charge is 2.36. The van der Waals surface area contributed by atoms with Crippen LogP contribution in [-0.2, 0) is 10.2 Å². The topological polar surface area (TPSA) is 99.6 Å². The SMILES string of the molecule is Cc1cc(NC(=O)NS(=O)(=O)N(c2cnn(C3CC3)c2)[C@@H]2CCCN(C)C2)c(C2CC2)s1. The first-order chi connectivity index (χ1) is 15.3. The number of piperidine rings is 1. The van der Waals surface area contributed by atoms with Gasteiger partial charge in [-0.15, -0.1) is 11.3 Å². The Labute approximate surface area is 193 Å². The standard InChI is InChI=1S/C21H30N6O3S2/c1-14-10-19(20(31-14)15-5-6-15)23-21(28)24-32(29,30)27(17-4-3-9-25(2)12-17)18-11-22-26(13-18)16-7-8-16/h10-11,13,15-17H,3-9,12H2,1-2H3,(H2,23,24,28)/t17-/m1/s1. The number of likely N-dealkylation sites (tertiary alicyclic amines) is 1. The molecule has 2 aromatic rings. The van der Waals surface area contributed by atoms with Gasteiger partial charge in [-0.3, -0.25) is 4.68 Å². The minimum Gasteiger partial charge on any atom is -0.306 e. The van der Waals surface area contributed by atoms with Crippen molar-refractivity contribution in [1.29, 1.82) is 0 Å². The van der Waals surface area contributed by atoms with E-state index in [1.165, 1.54) is 4.31 Å². The Morgan fingerprint density at radius 1 is 1.25 bits per heavy atom. The second-order valence-corrected chi connectivity index (χ2v) is 12.1. The molecule has 3 heterocycles. The maximum Gasteiger partial charge on any atom is 0.334 e. The number of nitrogens with one attached hydrogen (secondary N) is 2. The average molecular weight is 479 g/mol. The van der Waals surface area contributed by atoms with E-state index in [2.05, 4.69) is 20.0 Å². The smallest absolute Gasteiger partial charge is 0.306 e. The summed E-state index contributed by atoms with van der Waals surface area (Å²) in [5.74, 6) is 0.475. The molecule has 0 aromatic carbocycles. The molecule has 5 rings (SSSR count). The number of aromatic nitrogens is 2. The van der Waals surface area contributed by atoms with Crippen molar-refractivity contribution in [2.24, 2.45) is 0 Å². The van der Waals surface area contributed by atoms with Crippen molar-refractivity contribution in [1.82, 2.24) is 19.4 Å². The summed E-state index contributed by atoms with van der Waals surface area (Å²) in [5, 5.41) is 7.17. The Kier molecular flexibility index (Phi) is 5.67. The van der Waals surface area contributed by atoms with Gasteiger partial charge in [0.05, 0.1) is 29.7 Å². The Morgan fingerprint density at radius 3 is 2.72 bits per heavy atom. The van der Waals surface area contributed by atoms with Crippen LogP contribution in [0, 0.1) is 6.92 Å². The summed E-state index contributed by atoms with van der Waals surface area (Å²) in [5.41, 5.74) is 1.22. The van der Waals surface area contributed by atoms with Crippen LogP contribution in [0.3, 0.4) is 0 Å². The third-order valence-electron chi connectivity index (χ3n) is 6.26. The number of urea groups is 1. The molecule has 9 nitrogen and oxygen atoms in total. The quantitative estimate of drug-likeness (QED) is 0.635. The van der Waals surface area contributed by atoms with Crippen molar-refractivity contribution in [3.63, 3.8) is 0 Å². The molecule has 0 bridgehead atoms. The van der Waals surface area contributed by atoms with Crippen LogP contribution in [0.15, 0.2) is 18.5 Å². The number of hydrogen-bond acceptors (Lipinski definition) is 6. The fourth-order valence-corrected chi connectivity index (χ4v) is 6.92. The molecular weight excluding hydrogens is 448 g/mol. The number of nitrogens with zero attached hydrogens (tertiary/aromatic N) is 4. The molecule has 11 heteroatoms. The van der Waals surface area contributed by atoms with Crippen LogP contribution in [0.1, 0.15) is 60.2 Å². The van der Waals surface area contributed by atoms with Gasteiger partial charge >= 0.3 is 16.2 Å². The molecule has 1 aliphatic heterocycles. The summed E-state index contributed by atoms with van der Waals surface area (Å²) in [6, 6.07) is 1.27. The molecule has 1 atom stereocenters. The minimum atomic E-state index is -4.13. The largest absolute Gasteiger partial charge is 0.334 e. The van der Waals surface area contributed by atoms with E-state index in [0.29, 0.717) is 29.9 Å². The van der Waals surface area contributed by atoms with E-state index in [4.69, 9.17) is 0 Å². The second kappa shape index (κ2) is 8.35. The number of likely N-dealkylation sites (N-methyl/N-ethyl adjacent to an activating group) is 1. The number of rotatable bonds is 7. The van der Waals surface area contributed by atoms with Crippen LogP contribution in [-0.4, -0.2) is 55.3 Å². The lowest BCUT2D eigenvalue weighted by Crippen LogP contribution is -2.54. The van der Waals surface area contributed by atoms with Gasteiger partial charge in [0.25, 0.3) is 0 Å². The predicted octanol–water partition coefficient (Wildman–Crippen LogP) is 3.43. The number of thiophene rings is 1. The predicted molar refractivity (Wildman–Crippen MR) is 126 cm³/mol. The first-order valence-corrected chi connectivity index (χ1v) is 13.5. The summed E-state index contributed by atoms with van der Waals surface area (Å²) in [7, 11) is -2.14.